The first-order valence-electron chi connectivity index (χ1n) is 44.1. The molecular weight excluding hydrogens is 1490 g/mol. The molecule has 0 spiro atoms. The van der Waals surface area contributed by atoms with E-state index in [2.05, 4.69) is 20.8 Å². The van der Waals surface area contributed by atoms with Gasteiger partial charge in [-0.15, -0.1) is 0 Å². The van der Waals surface area contributed by atoms with Crippen LogP contribution in [0.2, 0.25) is 0 Å². The minimum absolute atomic E-state index is 0.00991. The zero-order valence-corrected chi connectivity index (χ0v) is 70.9. The molecule has 28 heteroatoms. The molecule has 4 saturated heterocycles. The number of β-amino-alcohol motifs (C(OH)–C–C–N with tert-alkyl or cyclic N) is 1. The van der Waals surface area contributed by atoms with Crippen molar-refractivity contribution < 1.29 is 132 Å². The number of amides is 1. The number of likely N-dealkylation sites (tertiary alicyclic amines) is 1. The predicted octanol–water partition coefficient (Wildman–Crippen LogP) is 8.89. The number of Topliss-reactive ketones (excluding diaryl/α,β-unsaturated/α-hetero) is 7. The lowest BCUT2D eigenvalue weighted by atomic mass is 9.83. The average Bonchev–Trinajstić information content (AvgIpc) is 1.85. The van der Waals surface area contributed by atoms with Gasteiger partial charge in [-0.05, 0) is 115 Å². The fraction of sp³-hybridized carbons (Fsp3) is 0.908. The molecule has 10 N–H and O–H groups in total. The predicted molar refractivity (Wildman–Crippen MR) is 429 cm³/mol. The van der Waals surface area contributed by atoms with Crippen LogP contribution in [-0.4, -0.2) is 274 Å². The van der Waals surface area contributed by atoms with E-state index in [1.807, 2.05) is 4.90 Å². The van der Waals surface area contributed by atoms with Crippen molar-refractivity contribution in [1.82, 2.24) is 4.90 Å². The zero-order chi connectivity index (χ0) is 84.6. The second-order valence-corrected chi connectivity index (χ2v) is 34.7. The third-order valence-electron chi connectivity index (χ3n) is 23.1. The maximum Gasteiger partial charge on any atom is 0.222 e. The van der Waals surface area contributed by atoms with Gasteiger partial charge in [0, 0.05) is 152 Å². The smallest absolute Gasteiger partial charge is 0.222 e. The molecule has 4 aliphatic rings. The second kappa shape index (κ2) is 59.2. The van der Waals surface area contributed by atoms with E-state index in [4.69, 9.17) is 42.6 Å². The number of carbonyl (C=O) groups is 8. The molecule has 4 aliphatic heterocycles. The van der Waals surface area contributed by atoms with Gasteiger partial charge in [0.25, 0.3) is 0 Å². The average molecular weight is 1650 g/mol. The van der Waals surface area contributed by atoms with Crippen LogP contribution in [0, 0.1) is 28.6 Å². The number of carbonyl (C=O) groups excluding carboxylic acids is 8. The lowest BCUT2D eigenvalue weighted by Crippen LogP contribution is -2.55. The summed E-state index contributed by atoms with van der Waals surface area (Å²) >= 11 is 0. The Bertz CT molecular complexity index is 2480. The highest BCUT2D eigenvalue weighted by molar-refractivity contribution is 5.81. The van der Waals surface area contributed by atoms with Crippen molar-refractivity contribution in [1.29, 1.82) is 0 Å². The van der Waals surface area contributed by atoms with E-state index in [-0.39, 0.29) is 143 Å². The second-order valence-electron chi connectivity index (χ2n) is 34.7. The molecule has 15 unspecified atom stereocenters. The van der Waals surface area contributed by atoms with Crippen LogP contribution in [0.25, 0.3) is 0 Å². The number of ketones is 7. The van der Waals surface area contributed by atoms with Crippen LogP contribution in [0.5, 0.6) is 0 Å². The van der Waals surface area contributed by atoms with Gasteiger partial charge in [0.2, 0.25) is 5.91 Å². The van der Waals surface area contributed by atoms with Crippen LogP contribution in [0.3, 0.4) is 0 Å². The van der Waals surface area contributed by atoms with Crippen molar-refractivity contribution in [2.45, 2.75) is 391 Å². The van der Waals surface area contributed by atoms with Gasteiger partial charge in [0.05, 0.1) is 83.9 Å². The Kier molecular flexibility index (Phi) is 53.4. The van der Waals surface area contributed by atoms with Crippen molar-refractivity contribution in [3.8, 4) is 0 Å². The number of ether oxygens (including phenoxy) is 9. The topological polar surface area (TPSA) is 425 Å². The third kappa shape index (κ3) is 42.7. The molecule has 4 rings (SSSR count). The lowest BCUT2D eigenvalue weighted by molar-refractivity contribution is -0.282. The first-order chi connectivity index (χ1) is 55.0. The van der Waals surface area contributed by atoms with E-state index in [1.54, 1.807) is 20.8 Å². The molecule has 0 radical (unpaired) electrons. The van der Waals surface area contributed by atoms with Crippen molar-refractivity contribution >= 4 is 46.4 Å². The van der Waals surface area contributed by atoms with E-state index in [9.17, 15) is 89.4 Å². The maximum atomic E-state index is 14.2. The number of unbranched alkanes of at least 4 members (excludes halogenated alkanes) is 16. The van der Waals surface area contributed by atoms with E-state index in [0.717, 1.165) is 57.8 Å². The Morgan fingerprint density at radius 1 is 0.348 bits per heavy atom. The fourth-order valence-corrected chi connectivity index (χ4v) is 15.4. The molecule has 0 aromatic heterocycles. The highest BCUT2D eigenvalue weighted by Crippen LogP contribution is 2.34. The SMILES string of the molecule is CC1C(OCCCCC(=O)CCCCCC(=O)CCOCC(COCCC(=O)CCCCCC(=O)CCCCOC2OC(CO)C(O)C(O)C2C)(COCCC(=O)CCCCCC(=O)CCCCOC2OC(CO)C(O)C(O)C2C)CC(=O)CCCCCCCCCCC(=O)N2C[C@H](O)C[C@H]2CCC(C)(C)C)OC(CO)C(O)C1O. The molecule has 4 fully saturated rings. The number of nitrogens with zero attached hydrogens (tertiary/aromatic N) is 1. The molecular formula is C87H153NO27. The summed E-state index contributed by atoms with van der Waals surface area (Å²) in [6, 6.07) is 0.0896. The van der Waals surface area contributed by atoms with Crippen molar-refractivity contribution in [3.05, 3.63) is 0 Å². The van der Waals surface area contributed by atoms with Gasteiger partial charge in [-0.2, -0.15) is 0 Å². The van der Waals surface area contributed by atoms with Crippen LogP contribution in [0.4, 0.5) is 0 Å². The summed E-state index contributed by atoms with van der Waals surface area (Å²) < 4.78 is 53.1. The number of hydrogen-bond acceptors (Lipinski definition) is 27. The summed E-state index contributed by atoms with van der Waals surface area (Å²) in [6.45, 7) is 11.7. The highest BCUT2D eigenvalue weighted by atomic mass is 16.7. The van der Waals surface area contributed by atoms with E-state index in [1.165, 1.54) is 0 Å². The maximum absolute atomic E-state index is 14.2. The molecule has 0 aromatic rings. The van der Waals surface area contributed by atoms with Gasteiger partial charge in [-0.3, -0.25) is 38.4 Å². The first kappa shape index (κ1) is 104. The van der Waals surface area contributed by atoms with Gasteiger partial charge in [-0.1, -0.05) is 99.3 Å². The summed E-state index contributed by atoms with van der Waals surface area (Å²) in [5, 5.41) is 100. The summed E-state index contributed by atoms with van der Waals surface area (Å²) in [7, 11) is 0. The van der Waals surface area contributed by atoms with Gasteiger partial charge >= 0.3 is 0 Å². The molecule has 0 saturated carbocycles. The van der Waals surface area contributed by atoms with E-state index < -0.39 is 123 Å². The van der Waals surface area contributed by atoms with Crippen molar-refractivity contribution in [3.63, 3.8) is 0 Å². The van der Waals surface area contributed by atoms with Gasteiger partial charge in [0.15, 0.2) is 18.9 Å². The van der Waals surface area contributed by atoms with Crippen molar-refractivity contribution in [2.24, 2.45) is 28.6 Å². The standard InChI is InChI=1S/C87H153NO27/c1-61-77(101)80(104)73(55-89)113-83(61)110-46-27-24-36-65(92)30-17-13-20-33-68(95)42-49-107-58-87(53-71(98)39-16-11-9-7-8-10-12-23-40-76(100)88-54-72(99)52-64(88)41-45-86(4,5)6,59-108-50-43-69(96)34-21-14-18-31-66(93)37-25-28-47-111-84-62(2)78(102)81(105)74(56-90)114-84)60-109-51-44-70(97)35-22-15-19-32-67(94)38-26-29-48-112-85-63(3)79(103)82(106)75(57-91)115-85/h61-64,72-75,77-85,89-91,99,101-106H,7-60H2,1-6H3/t61?,62?,63?,64-,72-,73?,74?,75?,77?,78?,79?,80?,81?,82?,83?,84?,85?,87?/m1/s1. The first-order valence-corrected chi connectivity index (χ1v) is 44.1. The van der Waals surface area contributed by atoms with Gasteiger partial charge in [-0.25, -0.2) is 0 Å². The summed E-state index contributed by atoms with van der Waals surface area (Å²) in [4.78, 5) is 107. The summed E-state index contributed by atoms with van der Waals surface area (Å²) in [5.41, 5.74) is -0.890. The lowest BCUT2D eigenvalue weighted by Gasteiger charge is -2.40. The summed E-state index contributed by atoms with van der Waals surface area (Å²) in [5.74, 6) is -1.13. The highest BCUT2D eigenvalue weighted by Gasteiger charge is 2.45. The molecule has 115 heavy (non-hydrogen) atoms. The van der Waals surface area contributed by atoms with Crippen molar-refractivity contribution in [2.75, 3.05) is 85.8 Å². The molecule has 668 valence electrons. The van der Waals surface area contributed by atoms with E-state index >= 15 is 0 Å². The van der Waals surface area contributed by atoms with Crippen LogP contribution >= 0.6 is 0 Å². The number of rotatable bonds is 69. The third-order valence-corrected chi connectivity index (χ3v) is 23.1. The molecule has 0 aromatic carbocycles. The minimum Gasteiger partial charge on any atom is -0.394 e. The molecule has 28 nitrogen and oxygen atoms in total. The largest absolute Gasteiger partial charge is 0.394 e. The van der Waals surface area contributed by atoms with Crippen LogP contribution < -0.4 is 0 Å². The number of aliphatic hydroxyl groups excluding tert-OH is 10. The molecule has 1 amide bonds. The Balaban J connectivity index is 1.28. The minimum atomic E-state index is -1.21. The number of aliphatic hydroxyl groups is 10. The Labute approximate surface area is 685 Å². The Morgan fingerprint density at radius 3 is 0.922 bits per heavy atom. The monoisotopic (exact) mass is 1640 g/mol. The van der Waals surface area contributed by atoms with Crippen LogP contribution in [0.1, 0.15) is 305 Å². The fourth-order valence-electron chi connectivity index (χ4n) is 15.4. The van der Waals surface area contributed by atoms with Crippen LogP contribution in [0.15, 0.2) is 0 Å². The molecule has 0 aliphatic carbocycles. The molecule has 0 bridgehead atoms. The van der Waals surface area contributed by atoms with Gasteiger partial charge < -0.3 is 98.6 Å². The van der Waals surface area contributed by atoms with E-state index in [0.29, 0.717) is 186 Å². The normalized spacial score (nSPS) is 26.4. The summed E-state index contributed by atoms with van der Waals surface area (Å²) in [6.07, 6.45) is 10.6. The quantitative estimate of drug-likeness (QED) is 0.0254. The molecule has 17 atom stereocenters. The van der Waals surface area contributed by atoms with Crippen LogP contribution in [-0.2, 0) is 81.0 Å². The molecule has 4 heterocycles. The van der Waals surface area contributed by atoms with Gasteiger partial charge in [0.1, 0.15) is 77.1 Å². The Morgan fingerprint density at radius 2 is 0.617 bits per heavy atom. The zero-order valence-electron chi connectivity index (χ0n) is 70.9. The number of hydrogen-bond donors (Lipinski definition) is 10. The Hall–Kier alpha value is -3.60.